The van der Waals surface area contributed by atoms with Gasteiger partial charge in [0, 0.05) is 24.0 Å². The zero-order valence-electron chi connectivity index (χ0n) is 16.6. The van der Waals surface area contributed by atoms with Crippen molar-refractivity contribution in [3.05, 3.63) is 69.3 Å². The van der Waals surface area contributed by atoms with Gasteiger partial charge in [0.25, 0.3) is 0 Å². The number of hydrogen-bond donors (Lipinski definition) is 0. The third kappa shape index (κ3) is 4.81. The van der Waals surface area contributed by atoms with E-state index >= 15 is 0 Å². The van der Waals surface area contributed by atoms with Crippen LogP contribution in [0.2, 0.25) is 0 Å². The molecule has 0 aliphatic rings. The van der Waals surface area contributed by atoms with Gasteiger partial charge in [0.15, 0.2) is 46.5 Å². The molecule has 2 aromatic carbocycles. The van der Waals surface area contributed by atoms with Crippen LogP contribution in [0, 0.1) is 58.2 Å². The molecule has 0 aliphatic heterocycles. The van der Waals surface area contributed by atoms with Crippen molar-refractivity contribution in [1.29, 1.82) is 0 Å². The predicted molar refractivity (Wildman–Crippen MR) is 89.1 cm³/mol. The summed E-state index contributed by atoms with van der Waals surface area (Å²) in [5, 5.41) is 0. The second-order valence-corrected chi connectivity index (χ2v) is 8.07. The van der Waals surface area contributed by atoms with Crippen LogP contribution in [0.15, 0.2) is 0 Å². The Kier molecular flexibility index (Phi) is 6.71. The summed E-state index contributed by atoms with van der Waals surface area (Å²) in [5.41, 5.74) is -5.75. The zero-order chi connectivity index (χ0) is 24.0. The highest BCUT2D eigenvalue weighted by Crippen LogP contribution is 2.33. The van der Waals surface area contributed by atoms with Crippen molar-refractivity contribution in [1.82, 2.24) is 0 Å². The maximum Gasteiger partial charge on any atom is 0.200 e. The average Bonchev–Trinajstić information content (AvgIpc) is 2.67. The second kappa shape index (κ2) is 8.33. The van der Waals surface area contributed by atoms with Crippen molar-refractivity contribution in [2.45, 2.75) is 51.7 Å². The summed E-state index contributed by atoms with van der Waals surface area (Å²) in [7, 11) is 0. The van der Waals surface area contributed by atoms with E-state index in [0.29, 0.717) is 0 Å². The fourth-order valence-corrected chi connectivity index (χ4v) is 3.28. The van der Waals surface area contributed by atoms with Gasteiger partial charge >= 0.3 is 0 Å². The largest absolute Gasteiger partial charge is 0.369 e. The van der Waals surface area contributed by atoms with Crippen molar-refractivity contribution in [2.75, 3.05) is 0 Å². The molecule has 0 unspecified atom stereocenters. The molecule has 0 aromatic heterocycles. The van der Waals surface area contributed by atoms with Crippen LogP contribution >= 0.6 is 0 Å². The lowest BCUT2D eigenvalue weighted by molar-refractivity contribution is -0.122. The first-order valence-corrected chi connectivity index (χ1v) is 8.71. The smallest absolute Gasteiger partial charge is 0.200 e. The highest BCUT2D eigenvalue weighted by molar-refractivity contribution is 5.27. The van der Waals surface area contributed by atoms with Crippen LogP contribution in [-0.4, -0.2) is 11.2 Å². The number of benzene rings is 2. The number of halogens is 10. The Bertz CT molecular complexity index is 890. The lowest BCUT2D eigenvalue weighted by atomic mass is 9.92. The zero-order valence-corrected chi connectivity index (χ0v) is 16.6. The predicted octanol–water partition coefficient (Wildman–Crippen LogP) is 6.44. The van der Waals surface area contributed by atoms with Gasteiger partial charge in [0.2, 0.25) is 11.6 Å². The van der Waals surface area contributed by atoms with Gasteiger partial charge in [0.05, 0.1) is 11.2 Å². The molecule has 2 aromatic rings. The average molecular weight is 462 g/mol. The first-order chi connectivity index (χ1) is 14.0. The molecular formula is C20H16F10O. The number of ether oxygens (including phenoxy) is 1. The van der Waals surface area contributed by atoms with Crippen LogP contribution in [0.3, 0.4) is 0 Å². The van der Waals surface area contributed by atoms with E-state index in [1.54, 1.807) is 0 Å². The number of hydrogen-bond acceptors (Lipinski definition) is 1. The fourth-order valence-electron chi connectivity index (χ4n) is 3.28. The van der Waals surface area contributed by atoms with E-state index in [1.807, 2.05) is 0 Å². The minimum absolute atomic E-state index is 0.862. The van der Waals surface area contributed by atoms with E-state index in [2.05, 4.69) is 0 Å². The van der Waals surface area contributed by atoms with Gasteiger partial charge in [-0.3, -0.25) is 0 Å². The monoisotopic (exact) mass is 462 g/mol. The molecule has 0 spiro atoms. The Balaban J connectivity index is 2.36. The van der Waals surface area contributed by atoms with Gasteiger partial charge in [-0.05, 0) is 27.7 Å². The maximum atomic E-state index is 14.0. The summed E-state index contributed by atoms with van der Waals surface area (Å²) >= 11 is 0. The highest BCUT2D eigenvalue weighted by Gasteiger charge is 2.36. The Morgan fingerprint density at radius 3 is 0.839 bits per heavy atom. The van der Waals surface area contributed by atoms with Gasteiger partial charge in [0.1, 0.15) is 0 Å². The van der Waals surface area contributed by atoms with Gasteiger partial charge < -0.3 is 4.74 Å². The summed E-state index contributed by atoms with van der Waals surface area (Å²) in [4.78, 5) is 0. The van der Waals surface area contributed by atoms with Gasteiger partial charge in [-0.15, -0.1) is 0 Å². The Hall–Kier alpha value is -2.30. The van der Waals surface area contributed by atoms with Gasteiger partial charge in [-0.2, -0.15) is 0 Å². The summed E-state index contributed by atoms with van der Waals surface area (Å²) in [6.07, 6.45) is -1.72. The van der Waals surface area contributed by atoms with Crippen LogP contribution < -0.4 is 0 Å². The van der Waals surface area contributed by atoms with Crippen molar-refractivity contribution in [3.63, 3.8) is 0 Å². The van der Waals surface area contributed by atoms with Crippen molar-refractivity contribution >= 4 is 0 Å². The van der Waals surface area contributed by atoms with Crippen molar-refractivity contribution < 1.29 is 48.6 Å². The molecule has 31 heavy (non-hydrogen) atoms. The molecule has 0 fully saturated rings. The molecule has 0 saturated carbocycles. The molecule has 2 rings (SSSR count). The SMILES string of the molecule is CC(C)(Cc1c(F)c(F)c(F)c(F)c1F)OC(C)(C)Cc1c(F)c(F)c(F)c(F)c1F. The van der Waals surface area contributed by atoms with Crippen LogP contribution in [0.25, 0.3) is 0 Å². The quantitative estimate of drug-likeness (QED) is 0.273. The lowest BCUT2D eigenvalue weighted by Crippen LogP contribution is -2.41. The third-order valence-corrected chi connectivity index (χ3v) is 4.36. The highest BCUT2D eigenvalue weighted by atomic mass is 19.2. The molecule has 1 nitrogen and oxygen atoms in total. The summed E-state index contributed by atoms with van der Waals surface area (Å²) in [6, 6.07) is 0. The Morgan fingerprint density at radius 2 is 0.613 bits per heavy atom. The molecule has 11 heteroatoms. The topological polar surface area (TPSA) is 9.23 Å². The third-order valence-electron chi connectivity index (χ3n) is 4.36. The Morgan fingerprint density at radius 1 is 0.419 bits per heavy atom. The minimum atomic E-state index is -2.34. The van der Waals surface area contributed by atoms with Crippen LogP contribution in [0.1, 0.15) is 38.8 Å². The molecule has 0 bridgehead atoms. The summed E-state index contributed by atoms with van der Waals surface area (Å²) in [5.74, 6) is -21.6. The van der Waals surface area contributed by atoms with E-state index in [4.69, 9.17) is 4.74 Å². The Labute approximate surface area is 170 Å². The van der Waals surface area contributed by atoms with Crippen molar-refractivity contribution in [2.24, 2.45) is 0 Å². The first-order valence-electron chi connectivity index (χ1n) is 8.71. The fraction of sp³-hybridized carbons (Fsp3) is 0.400. The normalized spacial score (nSPS) is 12.6. The first kappa shape index (κ1) is 25.0. The molecule has 172 valence electrons. The van der Waals surface area contributed by atoms with E-state index in [1.165, 1.54) is 27.7 Å². The molecule has 0 amide bonds. The van der Waals surface area contributed by atoms with Crippen LogP contribution in [-0.2, 0) is 17.6 Å². The lowest BCUT2D eigenvalue weighted by Gasteiger charge is -2.36. The van der Waals surface area contributed by atoms with Gasteiger partial charge in [-0.1, -0.05) is 0 Å². The standard InChI is InChI=1S/C20H16F10O/c1-19(2,5-7-9(21)13(25)17(29)14(26)10(7)22)31-20(3,4)6-8-11(23)15(27)18(30)16(28)12(8)24/h5-6H2,1-4H3. The van der Waals surface area contributed by atoms with Crippen LogP contribution in [0.5, 0.6) is 0 Å². The van der Waals surface area contributed by atoms with E-state index in [-0.39, 0.29) is 0 Å². The van der Waals surface area contributed by atoms with Crippen LogP contribution in [0.4, 0.5) is 43.9 Å². The minimum Gasteiger partial charge on any atom is -0.369 e. The van der Waals surface area contributed by atoms with E-state index in [9.17, 15) is 43.9 Å². The summed E-state index contributed by atoms with van der Waals surface area (Å²) in [6.45, 7) is 4.74. The maximum absolute atomic E-state index is 14.0. The molecule has 0 saturated heterocycles. The van der Waals surface area contributed by atoms with Crippen molar-refractivity contribution in [3.8, 4) is 0 Å². The molecule has 0 atom stereocenters. The van der Waals surface area contributed by atoms with E-state index < -0.39 is 93.3 Å². The second-order valence-electron chi connectivity index (χ2n) is 8.07. The molecule has 0 aliphatic carbocycles. The van der Waals surface area contributed by atoms with E-state index in [0.717, 1.165) is 0 Å². The molecule has 0 N–H and O–H groups in total. The van der Waals surface area contributed by atoms with Gasteiger partial charge in [-0.25, -0.2) is 43.9 Å². The summed E-state index contributed by atoms with van der Waals surface area (Å²) < 4.78 is 141. The number of rotatable bonds is 6. The molecule has 0 heterocycles. The molecular weight excluding hydrogens is 446 g/mol. The molecule has 0 radical (unpaired) electrons.